The van der Waals surface area contributed by atoms with Crippen molar-refractivity contribution >= 4 is 29.1 Å². The maximum atomic E-state index is 12.9. The van der Waals surface area contributed by atoms with E-state index in [-0.39, 0.29) is 11.9 Å². The minimum absolute atomic E-state index is 0.123. The normalized spacial score (nSPS) is 12.0. The molecule has 1 amide bonds. The van der Waals surface area contributed by atoms with Gasteiger partial charge >= 0.3 is 0 Å². The summed E-state index contributed by atoms with van der Waals surface area (Å²) < 4.78 is 1.75. The van der Waals surface area contributed by atoms with Gasteiger partial charge in [-0.05, 0) is 36.8 Å². The van der Waals surface area contributed by atoms with Crippen LogP contribution in [0.1, 0.15) is 28.9 Å². The third kappa shape index (κ3) is 3.67. The molecule has 0 spiro atoms. The molecule has 0 aliphatic heterocycles. The first kappa shape index (κ1) is 17.5. The van der Waals surface area contributed by atoms with E-state index in [1.807, 2.05) is 13.0 Å². The molecule has 2 heterocycles. The van der Waals surface area contributed by atoms with Gasteiger partial charge in [0.2, 0.25) is 0 Å². The molecule has 0 radical (unpaired) electrons. The molecule has 2 aromatic heterocycles. The van der Waals surface area contributed by atoms with Gasteiger partial charge in [-0.3, -0.25) is 9.36 Å². The fourth-order valence-electron chi connectivity index (χ4n) is 2.52. The predicted molar refractivity (Wildman–Crippen MR) is 98.3 cm³/mol. The maximum Gasteiger partial charge on any atom is 0.254 e. The van der Waals surface area contributed by atoms with Gasteiger partial charge in [-0.25, -0.2) is 9.97 Å². The lowest BCUT2D eigenvalue weighted by atomic mass is 10.1. The summed E-state index contributed by atoms with van der Waals surface area (Å²) in [6, 6.07) is 8.49. The molecule has 25 heavy (non-hydrogen) atoms. The van der Waals surface area contributed by atoms with E-state index < -0.39 is 0 Å². The minimum Gasteiger partial charge on any atom is -0.335 e. The lowest BCUT2D eigenvalue weighted by molar-refractivity contribution is 0.0742. The van der Waals surface area contributed by atoms with Crippen molar-refractivity contribution in [2.75, 3.05) is 7.05 Å². The molecule has 0 bridgehead atoms. The van der Waals surface area contributed by atoms with Crippen LogP contribution in [0.4, 0.5) is 0 Å². The highest BCUT2D eigenvalue weighted by Gasteiger charge is 2.21. The van der Waals surface area contributed by atoms with Gasteiger partial charge in [0.25, 0.3) is 5.91 Å². The minimum atomic E-state index is -0.206. The number of carbonyl (C=O) groups is 1. The van der Waals surface area contributed by atoms with Crippen LogP contribution in [-0.2, 0) is 0 Å². The summed E-state index contributed by atoms with van der Waals surface area (Å²) in [6.45, 7) is 1.92. The lowest BCUT2D eigenvalue weighted by Gasteiger charge is -2.26. The summed E-state index contributed by atoms with van der Waals surface area (Å²) >= 11 is 12.2. The first-order chi connectivity index (χ1) is 12.0. The Morgan fingerprint density at radius 1 is 1.20 bits per heavy atom. The van der Waals surface area contributed by atoms with Gasteiger partial charge in [0.05, 0.1) is 6.04 Å². The van der Waals surface area contributed by atoms with Gasteiger partial charge in [0.15, 0.2) is 0 Å². The second kappa shape index (κ2) is 7.25. The summed E-state index contributed by atoms with van der Waals surface area (Å²) in [6.07, 6.45) is 6.68. The van der Waals surface area contributed by atoms with Gasteiger partial charge in [0, 0.05) is 41.2 Å². The Morgan fingerprint density at radius 3 is 2.68 bits per heavy atom. The number of imidazole rings is 1. The van der Waals surface area contributed by atoms with E-state index in [0.717, 1.165) is 5.56 Å². The van der Waals surface area contributed by atoms with Gasteiger partial charge in [-0.2, -0.15) is 0 Å². The standard InChI is InChI=1S/C18H16Cl2N4O/c1-12(15-4-3-14(19)10-16(15)20)23(2)18(25)13-5-6-22-17(9-13)24-8-7-21-11-24/h3-12H,1-2H3/t12-/m0/s1. The van der Waals surface area contributed by atoms with Crippen LogP contribution in [0.15, 0.2) is 55.2 Å². The number of amides is 1. The third-order valence-electron chi connectivity index (χ3n) is 4.08. The molecular weight excluding hydrogens is 359 g/mol. The molecule has 5 nitrogen and oxygen atoms in total. The Morgan fingerprint density at radius 2 is 2.00 bits per heavy atom. The van der Waals surface area contributed by atoms with Crippen LogP contribution < -0.4 is 0 Å². The Balaban J connectivity index is 1.86. The molecule has 3 rings (SSSR count). The summed E-state index contributed by atoms with van der Waals surface area (Å²) in [5, 5.41) is 1.10. The Kier molecular flexibility index (Phi) is 5.06. The second-order valence-electron chi connectivity index (χ2n) is 5.63. The monoisotopic (exact) mass is 374 g/mol. The quantitative estimate of drug-likeness (QED) is 0.679. The topological polar surface area (TPSA) is 51.0 Å². The molecule has 0 saturated carbocycles. The van der Waals surface area contributed by atoms with Crippen LogP contribution in [0, 0.1) is 0 Å². The van der Waals surface area contributed by atoms with E-state index in [0.29, 0.717) is 21.4 Å². The molecular formula is C18H16Cl2N4O. The molecule has 0 aliphatic carbocycles. The maximum absolute atomic E-state index is 12.9. The van der Waals surface area contributed by atoms with Crippen LogP contribution in [0.2, 0.25) is 10.0 Å². The van der Waals surface area contributed by atoms with Gasteiger partial charge in [0.1, 0.15) is 12.1 Å². The van der Waals surface area contributed by atoms with Crippen LogP contribution in [0.5, 0.6) is 0 Å². The van der Waals surface area contributed by atoms with Crippen molar-refractivity contribution in [3.8, 4) is 5.82 Å². The van der Waals surface area contributed by atoms with Crippen LogP contribution in [0.25, 0.3) is 5.82 Å². The molecule has 0 saturated heterocycles. The average molecular weight is 375 g/mol. The number of nitrogens with zero attached hydrogens (tertiary/aromatic N) is 4. The zero-order chi connectivity index (χ0) is 18.0. The van der Waals surface area contributed by atoms with Crippen LogP contribution >= 0.6 is 23.2 Å². The first-order valence-corrected chi connectivity index (χ1v) is 8.39. The number of pyridine rings is 1. The molecule has 0 fully saturated rings. The van der Waals surface area contributed by atoms with E-state index in [2.05, 4.69) is 9.97 Å². The van der Waals surface area contributed by atoms with Crippen molar-refractivity contribution in [1.29, 1.82) is 0 Å². The van der Waals surface area contributed by atoms with E-state index >= 15 is 0 Å². The number of carbonyl (C=O) groups excluding carboxylic acids is 1. The smallest absolute Gasteiger partial charge is 0.254 e. The number of benzene rings is 1. The lowest BCUT2D eigenvalue weighted by Crippen LogP contribution is -2.30. The zero-order valence-corrected chi connectivity index (χ0v) is 15.2. The highest BCUT2D eigenvalue weighted by atomic mass is 35.5. The molecule has 7 heteroatoms. The number of halogens is 2. The van der Waals surface area contributed by atoms with E-state index in [1.54, 1.807) is 65.7 Å². The highest BCUT2D eigenvalue weighted by molar-refractivity contribution is 6.35. The predicted octanol–water partition coefficient (Wildman–Crippen LogP) is 4.41. The molecule has 0 unspecified atom stereocenters. The van der Waals surface area contributed by atoms with E-state index in [4.69, 9.17) is 23.2 Å². The van der Waals surface area contributed by atoms with Gasteiger partial charge in [-0.1, -0.05) is 29.3 Å². The molecule has 3 aromatic rings. The number of hydrogen-bond donors (Lipinski definition) is 0. The Labute approximate surface area is 155 Å². The first-order valence-electron chi connectivity index (χ1n) is 7.64. The average Bonchev–Trinajstić information content (AvgIpc) is 3.15. The molecule has 1 aromatic carbocycles. The summed E-state index contributed by atoms with van der Waals surface area (Å²) in [5.41, 5.74) is 1.38. The van der Waals surface area contributed by atoms with Crippen molar-refractivity contribution < 1.29 is 4.79 Å². The fraction of sp³-hybridized carbons (Fsp3) is 0.167. The van der Waals surface area contributed by atoms with E-state index in [9.17, 15) is 4.79 Å². The second-order valence-corrected chi connectivity index (χ2v) is 6.47. The van der Waals surface area contributed by atoms with E-state index in [1.165, 1.54) is 0 Å². The number of hydrogen-bond acceptors (Lipinski definition) is 3. The molecule has 128 valence electrons. The van der Waals surface area contributed by atoms with Crippen molar-refractivity contribution in [1.82, 2.24) is 19.4 Å². The third-order valence-corrected chi connectivity index (χ3v) is 4.64. The van der Waals surface area contributed by atoms with Crippen molar-refractivity contribution in [2.45, 2.75) is 13.0 Å². The zero-order valence-electron chi connectivity index (χ0n) is 13.7. The molecule has 0 N–H and O–H groups in total. The summed E-state index contributed by atoms with van der Waals surface area (Å²) in [4.78, 5) is 22.8. The van der Waals surface area contributed by atoms with Crippen LogP contribution in [0.3, 0.4) is 0 Å². The van der Waals surface area contributed by atoms with Crippen LogP contribution in [-0.4, -0.2) is 32.4 Å². The van der Waals surface area contributed by atoms with Crippen molar-refractivity contribution in [2.24, 2.45) is 0 Å². The molecule has 1 atom stereocenters. The van der Waals surface area contributed by atoms with Crippen molar-refractivity contribution in [3.05, 3.63) is 76.4 Å². The summed E-state index contributed by atoms with van der Waals surface area (Å²) in [5.74, 6) is 0.510. The Bertz CT molecular complexity index is 896. The summed E-state index contributed by atoms with van der Waals surface area (Å²) in [7, 11) is 1.75. The van der Waals surface area contributed by atoms with Gasteiger partial charge in [-0.15, -0.1) is 0 Å². The van der Waals surface area contributed by atoms with Gasteiger partial charge < -0.3 is 4.90 Å². The fourth-order valence-corrected chi connectivity index (χ4v) is 3.08. The number of rotatable bonds is 4. The molecule has 0 aliphatic rings. The van der Waals surface area contributed by atoms with Crippen molar-refractivity contribution in [3.63, 3.8) is 0 Å². The highest BCUT2D eigenvalue weighted by Crippen LogP contribution is 2.29. The largest absolute Gasteiger partial charge is 0.335 e. The number of aromatic nitrogens is 3. The SMILES string of the molecule is C[C@@H](c1ccc(Cl)cc1Cl)N(C)C(=O)c1ccnc(-n2ccnc2)c1. The Hall–Kier alpha value is -2.37.